The van der Waals surface area contributed by atoms with Gasteiger partial charge in [0.1, 0.15) is 5.75 Å². The van der Waals surface area contributed by atoms with Crippen molar-refractivity contribution in [3.63, 3.8) is 0 Å². The molecule has 1 amide bonds. The Bertz CT molecular complexity index is 1190. The zero-order chi connectivity index (χ0) is 22.0. The molecule has 3 aromatic carbocycles. The lowest BCUT2D eigenvalue weighted by Crippen LogP contribution is -2.28. The van der Waals surface area contributed by atoms with E-state index in [0.717, 1.165) is 32.5 Å². The van der Waals surface area contributed by atoms with Crippen LogP contribution in [0.4, 0.5) is 11.4 Å². The highest BCUT2D eigenvalue weighted by Gasteiger charge is 2.35. The summed E-state index contributed by atoms with van der Waals surface area (Å²) in [7, 11) is 1.62. The number of halogens is 1. The number of hydrogen-bond donors (Lipinski definition) is 0. The minimum atomic E-state index is -0.108. The van der Waals surface area contributed by atoms with Gasteiger partial charge in [-0.2, -0.15) is 0 Å². The molecule has 4 rings (SSSR count). The molecule has 3 aromatic rings. The van der Waals surface area contributed by atoms with Crippen LogP contribution in [0.3, 0.4) is 0 Å². The van der Waals surface area contributed by atoms with Gasteiger partial charge in [-0.25, -0.2) is 4.99 Å². The number of rotatable bonds is 4. The molecule has 0 unspecified atom stereocenters. The molecule has 0 atom stereocenters. The molecular weight excluding hydrogens is 472 g/mol. The molecule has 6 heteroatoms. The van der Waals surface area contributed by atoms with Gasteiger partial charge in [0.15, 0.2) is 5.17 Å². The maximum Gasteiger partial charge on any atom is 0.271 e. The minimum Gasteiger partial charge on any atom is -0.496 e. The van der Waals surface area contributed by atoms with Crippen molar-refractivity contribution >= 4 is 56.2 Å². The summed E-state index contributed by atoms with van der Waals surface area (Å²) in [5, 5.41) is 0.633. The van der Waals surface area contributed by atoms with E-state index in [0.29, 0.717) is 15.8 Å². The SMILES string of the molecule is COc1ccc(Br)cc1C=C1SC(=Nc2c(C)cccc2C)N(c2ccccc2)C1=O. The first-order valence-electron chi connectivity index (χ1n) is 9.75. The third kappa shape index (κ3) is 4.45. The van der Waals surface area contributed by atoms with E-state index < -0.39 is 0 Å². The van der Waals surface area contributed by atoms with Gasteiger partial charge in [-0.05, 0) is 73.1 Å². The second-order valence-electron chi connectivity index (χ2n) is 7.11. The van der Waals surface area contributed by atoms with Crippen LogP contribution in [0, 0.1) is 13.8 Å². The van der Waals surface area contributed by atoms with Crippen LogP contribution in [-0.2, 0) is 4.79 Å². The van der Waals surface area contributed by atoms with Crippen molar-refractivity contribution in [2.45, 2.75) is 13.8 Å². The van der Waals surface area contributed by atoms with Gasteiger partial charge < -0.3 is 4.74 Å². The third-order valence-corrected chi connectivity index (χ3v) is 6.41. The van der Waals surface area contributed by atoms with Gasteiger partial charge in [-0.1, -0.05) is 52.3 Å². The number of amidine groups is 1. The molecule has 0 spiro atoms. The molecule has 0 aliphatic carbocycles. The van der Waals surface area contributed by atoms with Crippen LogP contribution in [0.5, 0.6) is 5.75 Å². The van der Waals surface area contributed by atoms with Gasteiger partial charge >= 0.3 is 0 Å². The molecule has 0 N–H and O–H groups in total. The fraction of sp³-hybridized carbons (Fsp3) is 0.120. The molecule has 1 aliphatic heterocycles. The number of nitrogens with zero attached hydrogens (tertiary/aromatic N) is 2. The summed E-state index contributed by atoms with van der Waals surface area (Å²) in [5.41, 5.74) is 4.64. The van der Waals surface area contributed by atoms with Gasteiger partial charge in [-0.3, -0.25) is 9.69 Å². The number of carbonyl (C=O) groups excluding carboxylic acids is 1. The van der Waals surface area contributed by atoms with Crippen LogP contribution >= 0.6 is 27.7 Å². The zero-order valence-corrected chi connectivity index (χ0v) is 19.8. The Morgan fingerprint density at radius 1 is 1.00 bits per heavy atom. The van der Waals surface area contributed by atoms with Gasteiger partial charge in [0, 0.05) is 10.0 Å². The Morgan fingerprint density at radius 3 is 2.39 bits per heavy atom. The third-order valence-electron chi connectivity index (χ3n) is 4.95. The molecular formula is C25H21BrN2O2S. The first-order chi connectivity index (χ1) is 15.0. The second-order valence-corrected chi connectivity index (χ2v) is 9.03. The van der Waals surface area contributed by atoms with Crippen LogP contribution < -0.4 is 9.64 Å². The topological polar surface area (TPSA) is 41.9 Å². The Balaban J connectivity index is 1.84. The van der Waals surface area contributed by atoms with Crippen LogP contribution in [-0.4, -0.2) is 18.2 Å². The molecule has 1 fully saturated rings. The van der Waals surface area contributed by atoms with E-state index in [2.05, 4.69) is 15.9 Å². The number of aliphatic imine (C=N–C) groups is 1. The number of ether oxygens (including phenoxy) is 1. The zero-order valence-electron chi connectivity index (χ0n) is 17.4. The summed E-state index contributed by atoms with van der Waals surface area (Å²) in [6.07, 6.45) is 1.86. The molecule has 1 saturated heterocycles. The van der Waals surface area contributed by atoms with E-state index >= 15 is 0 Å². The van der Waals surface area contributed by atoms with Crippen LogP contribution in [0.25, 0.3) is 6.08 Å². The summed E-state index contributed by atoms with van der Waals surface area (Å²) in [5.74, 6) is 0.596. The number of aryl methyl sites for hydroxylation is 2. The predicted octanol–water partition coefficient (Wildman–Crippen LogP) is 6.88. The number of methoxy groups -OCH3 is 1. The fourth-order valence-corrected chi connectivity index (χ4v) is 4.75. The van der Waals surface area contributed by atoms with Crippen molar-refractivity contribution in [2.24, 2.45) is 4.99 Å². The largest absolute Gasteiger partial charge is 0.496 e. The molecule has 4 nitrogen and oxygen atoms in total. The highest BCUT2D eigenvalue weighted by atomic mass is 79.9. The number of carbonyl (C=O) groups is 1. The first kappa shape index (κ1) is 21.4. The van der Waals surface area contributed by atoms with E-state index in [4.69, 9.17) is 9.73 Å². The summed E-state index contributed by atoms with van der Waals surface area (Å²) in [6, 6.07) is 21.4. The number of benzene rings is 3. The molecule has 31 heavy (non-hydrogen) atoms. The van der Waals surface area contributed by atoms with E-state index in [1.807, 2.05) is 86.7 Å². The van der Waals surface area contributed by atoms with Crippen molar-refractivity contribution in [2.75, 3.05) is 12.0 Å². The van der Waals surface area contributed by atoms with E-state index in [9.17, 15) is 4.79 Å². The van der Waals surface area contributed by atoms with Crippen molar-refractivity contribution in [3.8, 4) is 5.75 Å². The van der Waals surface area contributed by atoms with Crippen LogP contribution in [0.1, 0.15) is 16.7 Å². The molecule has 156 valence electrons. The predicted molar refractivity (Wildman–Crippen MR) is 133 cm³/mol. The number of amides is 1. The minimum absolute atomic E-state index is 0.108. The number of anilines is 1. The first-order valence-corrected chi connectivity index (χ1v) is 11.4. The Labute approximate surface area is 194 Å². The number of thioether (sulfide) groups is 1. The molecule has 0 saturated carbocycles. The lowest BCUT2D eigenvalue weighted by molar-refractivity contribution is -0.113. The Morgan fingerprint density at radius 2 is 1.71 bits per heavy atom. The smallest absolute Gasteiger partial charge is 0.271 e. The Kier molecular flexibility index (Phi) is 6.30. The van der Waals surface area contributed by atoms with E-state index in [1.165, 1.54) is 11.8 Å². The number of hydrogen-bond acceptors (Lipinski definition) is 4. The highest BCUT2D eigenvalue weighted by Crippen LogP contribution is 2.39. The van der Waals surface area contributed by atoms with Gasteiger partial charge in [0.2, 0.25) is 0 Å². The number of para-hydroxylation sites is 2. The summed E-state index contributed by atoms with van der Waals surface area (Å²) >= 11 is 4.87. The fourth-order valence-electron chi connectivity index (χ4n) is 3.39. The molecule has 0 bridgehead atoms. The molecule has 0 aromatic heterocycles. The Hall–Kier alpha value is -2.83. The monoisotopic (exact) mass is 492 g/mol. The second kappa shape index (κ2) is 9.12. The highest BCUT2D eigenvalue weighted by molar-refractivity contribution is 9.10. The van der Waals surface area contributed by atoms with Crippen molar-refractivity contribution < 1.29 is 9.53 Å². The van der Waals surface area contributed by atoms with Crippen molar-refractivity contribution in [3.05, 3.63) is 92.8 Å². The maximum atomic E-state index is 13.5. The molecule has 0 radical (unpaired) electrons. The molecule has 1 heterocycles. The van der Waals surface area contributed by atoms with E-state index in [1.54, 1.807) is 12.0 Å². The van der Waals surface area contributed by atoms with E-state index in [-0.39, 0.29) is 5.91 Å². The summed E-state index contributed by atoms with van der Waals surface area (Å²) < 4.78 is 6.40. The van der Waals surface area contributed by atoms with Crippen molar-refractivity contribution in [1.82, 2.24) is 0 Å². The summed E-state index contributed by atoms with van der Waals surface area (Å²) in [6.45, 7) is 4.06. The summed E-state index contributed by atoms with van der Waals surface area (Å²) in [4.78, 5) is 20.7. The lowest BCUT2D eigenvalue weighted by Gasteiger charge is -2.16. The average Bonchev–Trinajstić information content (AvgIpc) is 3.06. The van der Waals surface area contributed by atoms with Gasteiger partial charge in [0.05, 0.1) is 23.4 Å². The standard InChI is InChI=1S/C25H21BrN2O2S/c1-16-8-7-9-17(2)23(16)27-25-28(20-10-5-4-6-11-20)24(29)22(31-25)15-18-14-19(26)12-13-21(18)30-3/h4-15H,1-3H3. The van der Waals surface area contributed by atoms with Crippen LogP contribution in [0.2, 0.25) is 0 Å². The average molecular weight is 493 g/mol. The van der Waals surface area contributed by atoms with Gasteiger partial charge in [-0.15, -0.1) is 0 Å². The van der Waals surface area contributed by atoms with Gasteiger partial charge in [0.25, 0.3) is 5.91 Å². The lowest BCUT2D eigenvalue weighted by atomic mass is 10.1. The normalized spacial score (nSPS) is 16.4. The maximum absolute atomic E-state index is 13.5. The van der Waals surface area contributed by atoms with Crippen LogP contribution in [0.15, 0.2) is 81.1 Å². The quantitative estimate of drug-likeness (QED) is 0.372. The van der Waals surface area contributed by atoms with Crippen molar-refractivity contribution in [1.29, 1.82) is 0 Å². The molecule has 1 aliphatic rings.